The lowest BCUT2D eigenvalue weighted by molar-refractivity contribution is -0.122. The predicted octanol–water partition coefficient (Wildman–Crippen LogP) is 5.40. The smallest absolute Gasteiger partial charge is 0.335 e. The summed E-state index contributed by atoms with van der Waals surface area (Å²) in [6, 6.07) is 15.8. The van der Waals surface area contributed by atoms with E-state index < -0.39 is 17.8 Å². The van der Waals surface area contributed by atoms with Crippen molar-refractivity contribution in [3.05, 3.63) is 92.4 Å². The maximum absolute atomic E-state index is 13.0. The summed E-state index contributed by atoms with van der Waals surface area (Å²) in [5.74, 6) is -1.52. The lowest BCUT2D eigenvalue weighted by Crippen LogP contribution is -2.54. The first-order valence-electron chi connectivity index (χ1n) is 11.1. The van der Waals surface area contributed by atoms with Crippen molar-refractivity contribution in [2.45, 2.75) is 13.8 Å². The van der Waals surface area contributed by atoms with Gasteiger partial charge in [0.15, 0.2) is 6.61 Å². The van der Waals surface area contributed by atoms with E-state index in [-0.39, 0.29) is 23.8 Å². The molecule has 2 N–H and O–H groups in total. The molecule has 8 nitrogen and oxygen atoms in total. The van der Waals surface area contributed by atoms with Crippen molar-refractivity contribution >= 4 is 68.7 Å². The second-order valence-corrected chi connectivity index (χ2v) is 9.55. The lowest BCUT2D eigenvalue weighted by atomic mass is 10.1. The lowest BCUT2D eigenvalue weighted by Gasteiger charge is -2.26. The van der Waals surface area contributed by atoms with Gasteiger partial charge in [0.05, 0.1) is 10.2 Å². The zero-order valence-corrected chi connectivity index (χ0v) is 22.1. The molecule has 0 bridgehead atoms. The normalized spacial score (nSPS) is 14.5. The first kappa shape index (κ1) is 26.1. The van der Waals surface area contributed by atoms with Gasteiger partial charge in [-0.25, -0.2) is 9.69 Å². The molecule has 1 saturated heterocycles. The molecule has 0 aromatic heterocycles. The number of imide groups is 2. The van der Waals surface area contributed by atoms with Crippen LogP contribution in [-0.2, 0) is 14.4 Å². The molecule has 4 rings (SSSR count). The highest BCUT2D eigenvalue weighted by atomic mass is 79.9. The van der Waals surface area contributed by atoms with Crippen molar-refractivity contribution < 1.29 is 23.9 Å². The Bertz CT molecular complexity index is 1470. The van der Waals surface area contributed by atoms with Crippen LogP contribution in [0.4, 0.5) is 16.2 Å². The maximum atomic E-state index is 13.0. The molecule has 3 aromatic carbocycles. The second kappa shape index (κ2) is 11.0. The Morgan fingerprint density at radius 3 is 2.54 bits per heavy atom. The minimum atomic E-state index is -0.863. The third-order valence-electron chi connectivity index (χ3n) is 5.58. The molecule has 1 heterocycles. The highest BCUT2D eigenvalue weighted by Gasteiger charge is 2.36. The monoisotopic (exact) mass is 581 g/mol. The van der Waals surface area contributed by atoms with Crippen LogP contribution in [0.2, 0.25) is 5.02 Å². The van der Waals surface area contributed by atoms with E-state index in [1.54, 1.807) is 30.3 Å². The van der Waals surface area contributed by atoms with Crippen LogP contribution in [-0.4, -0.2) is 30.4 Å². The Morgan fingerprint density at radius 1 is 1.05 bits per heavy atom. The fraction of sp³-hybridized carbons (Fsp3) is 0.111. The van der Waals surface area contributed by atoms with Crippen molar-refractivity contribution in [2.75, 3.05) is 16.8 Å². The summed E-state index contributed by atoms with van der Waals surface area (Å²) < 4.78 is 6.13. The summed E-state index contributed by atoms with van der Waals surface area (Å²) in [7, 11) is 0. The molecule has 5 amide bonds. The van der Waals surface area contributed by atoms with Gasteiger partial charge in [0.1, 0.15) is 11.3 Å². The number of urea groups is 1. The Morgan fingerprint density at radius 2 is 1.84 bits per heavy atom. The third-order valence-corrected chi connectivity index (χ3v) is 6.44. The summed E-state index contributed by atoms with van der Waals surface area (Å²) >= 11 is 9.38. The summed E-state index contributed by atoms with van der Waals surface area (Å²) in [6.07, 6.45) is 1.36. The van der Waals surface area contributed by atoms with Crippen LogP contribution in [0.3, 0.4) is 0 Å². The van der Waals surface area contributed by atoms with E-state index >= 15 is 0 Å². The number of benzene rings is 3. The number of hydrogen-bond donors (Lipinski definition) is 2. The molecule has 0 aliphatic carbocycles. The number of hydrogen-bond acceptors (Lipinski definition) is 5. The Hall–Kier alpha value is -3.95. The van der Waals surface area contributed by atoms with E-state index in [4.69, 9.17) is 16.3 Å². The molecule has 3 aromatic rings. The number of halogens is 2. The molecule has 0 unspecified atom stereocenters. The Labute approximate surface area is 226 Å². The number of ether oxygens (including phenoxy) is 1. The number of aryl methyl sites for hydroxylation is 2. The van der Waals surface area contributed by atoms with Gasteiger partial charge in [0, 0.05) is 10.7 Å². The highest BCUT2D eigenvalue weighted by Crippen LogP contribution is 2.29. The van der Waals surface area contributed by atoms with Crippen molar-refractivity contribution in [2.24, 2.45) is 0 Å². The number of carbonyl (C=O) groups is 4. The first-order valence-corrected chi connectivity index (χ1v) is 12.3. The van der Waals surface area contributed by atoms with Crippen LogP contribution >= 0.6 is 27.5 Å². The van der Waals surface area contributed by atoms with E-state index in [0.29, 0.717) is 26.5 Å². The summed E-state index contributed by atoms with van der Waals surface area (Å²) in [5, 5.41) is 5.29. The van der Waals surface area contributed by atoms with Gasteiger partial charge in [-0.05, 0) is 95.0 Å². The fourth-order valence-corrected chi connectivity index (χ4v) is 4.25. The number of nitrogens with zero attached hydrogens (tertiary/aromatic N) is 1. The first-order chi connectivity index (χ1) is 17.6. The Kier molecular flexibility index (Phi) is 7.75. The van der Waals surface area contributed by atoms with Gasteiger partial charge < -0.3 is 10.1 Å². The second-order valence-electron chi connectivity index (χ2n) is 8.26. The molecule has 0 spiro atoms. The quantitative estimate of drug-likeness (QED) is 0.299. The standard InChI is InChI=1S/C27H21BrClN3O5/c1-15-6-8-19(10-16(15)2)30-24(33)14-37-23-9-7-17(12-22(23)28)11-21-25(34)31-27(36)32(26(21)35)20-5-3-4-18(29)13-20/h3-13H,14H2,1-2H3,(H,30,33)(H,31,34,36)/b21-11+. The average molecular weight is 583 g/mol. The summed E-state index contributed by atoms with van der Waals surface area (Å²) in [6.45, 7) is 3.74. The van der Waals surface area contributed by atoms with Gasteiger partial charge >= 0.3 is 6.03 Å². The van der Waals surface area contributed by atoms with E-state index in [2.05, 4.69) is 26.6 Å². The van der Waals surface area contributed by atoms with Crippen molar-refractivity contribution in [1.82, 2.24) is 5.32 Å². The maximum Gasteiger partial charge on any atom is 0.335 e. The number of nitrogens with one attached hydrogen (secondary N) is 2. The molecule has 188 valence electrons. The van der Waals surface area contributed by atoms with Crippen LogP contribution in [0.1, 0.15) is 16.7 Å². The van der Waals surface area contributed by atoms with Gasteiger partial charge in [-0.3, -0.25) is 19.7 Å². The van der Waals surface area contributed by atoms with Crippen LogP contribution in [0, 0.1) is 13.8 Å². The Balaban J connectivity index is 1.47. The average Bonchev–Trinajstić information content (AvgIpc) is 2.83. The van der Waals surface area contributed by atoms with Crippen molar-refractivity contribution in [3.8, 4) is 5.75 Å². The number of anilines is 2. The zero-order valence-electron chi connectivity index (χ0n) is 19.8. The fourth-order valence-electron chi connectivity index (χ4n) is 3.56. The van der Waals surface area contributed by atoms with Gasteiger partial charge in [-0.2, -0.15) is 0 Å². The SMILES string of the molecule is Cc1ccc(NC(=O)COc2ccc(/C=C3\C(=O)NC(=O)N(c4cccc(Cl)c4)C3=O)cc2Br)cc1C. The minimum absolute atomic E-state index is 0.219. The van der Waals surface area contributed by atoms with Crippen LogP contribution in [0.15, 0.2) is 70.7 Å². The molecule has 1 fully saturated rings. The van der Waals surface area contributed by atoms with Crippen LogP contribution < -0.4 is 20.3 Å². The zero-order chi connectivity index (χ0) is 26.7. The van der Waals surface area contributed by atoms with Gasteiger partial charge in [-0.1, -0.05) is 29.8 Å². The molecule has 1 aliphatic rings. The molecule has 0 atom stereocenters. The van der Waals surface area contributed by atoms with Gasteiger partial charge in [-0.15, -0.1) is 0 Å². The summed E-state index contributed by atoms with van der Waals surface area (Å²) in [4.78, 5) is 51.0. The van der Waals surface area contributed by atoms with Crippen molar-refractivity contribution in [1.29, 1.82) is 0 Å². The minimum Gasteiger partial charge on any atom is -0.483 e. The van der Waals surface area contributed by atoms with Crippen molar-refractivity contribution in [3.63, 3.8) is 0 Å². The molecule has 37 heavy (non-hydrogen) atoms. The molecule has 1 aliphatic heterocycles. The third kappa shape index (κ3) is 6.07. The van der Waals surface area contributed by atoms with E-state index in [1.165, 1.54) is 18.2 Å². The van der Waals surface area contributed by atoms with Crippen LogP contribution in [0.25, 0.3) is 6.08 Å². The molecule has 10 heteroatoms. The number of carbonyl (C=O) groups excluding carboxylic acids is 4. The topological polar surface area (TPSA) is 105 Å². The number of amides is 5. The van der Waals surface area contributed by atoms with E-state index in [0.717, 1.165) is 16.0 Å². The molecular weight excluding hydrogens is 562 g/mol. The molecular formula is C27H21BrClN3O5. The van der Waals surface area contributed by atoms with E-state index in [9.17, 15) is 19.2 Å². The van der Waals surface area contributed by atoms with Gasteiger partial charge in [0.25, 0.3) is 17.7 Å². The molecule has 0 radical (unpaired) electrons. The summed E-state index contributed by atoms with van der Waals surface area (Å²) in [5.41, 5.74) is 3.38. The molecule has 0 saturated carbocycles. The largest absolute Gasteiger partial charge is 0.483 e. The van der Waals surface area contributed by atoms with Gasteiger partial charge in [0.2, 0.25) is 0 Å². The van der Waals surface area contributed by atoms with E-state index in [1.807, 2.05) is 32.0 Å². The number of barbiturate groups is 1. The number of rotatable bonds is 6. The predicted molar refractivity (Wildman–Crippen MR) is 145 cm³/mol. The van der Waals surface area contributed by atoms with Crippen LogP contribution in [0.5, 0.6) is 5.75 Å². The highest BCUT2D eigenvalue weighted by molar-refractivity contribution is 9.10.